The van der Waals surface area contributed by atoms with Crippen molar-refractivity contribution in [1.29, 1.82) is 0 Å². The normalized spacial score (nSPS) is 16.9. The molecule has 0 spiro atoms. The minimum atomic E-state index is -0.203. The number of aromatic nitrogens is 1. The quantitative estimate of drug-likeness (QED) is 0.892. The minimum absolute atomic E-state index is 0. The van der Waals surface area contributed by atoms with Crippen molar-refractivity contribution in [2.75, 3.05) is 11.9 Å². The minimum Gasteiger partial charge on any atom is -0.320 e. The Balaban J connectivity index is 0.00000208. The maximum atomic E-state index is 12.5. The average molecular weight is 348 g/mol. The monoisotopic (exact) mass is 347 g/mol. The fourth-order valence-corrected chi connectivity index (χ4v) is 2.83. The van der Waals surface area contributed by atoms with Gasteiger partial charge in [-0.15, -0.1) is 12.4 Å². The summed E-state index contributed by atoms with van der Waals surface area (Å²) in [6, 6.07) is 13.0. The van der Waals surface area contributed by atoms with E-state index in [0.717, 1.165) is 31.4 Å². The summed E-state index contributed by atoms with van der Waals surface area (Å²) in [6.45, 7) is 1.34. The number of carbonyl (C=O) groups excluding carboxylic acids is 1. The second-order valence-corrected chi connectivity index (χ2v) is 5.83. The van der Waals surface area contributed by atoms with E-state index in [1.807, 2.05) is 30.3 Å². The molecule has 1 unspecified atom stereocenters. The molecule has 1 saturated heterocycles. The van der Waals surface area contributed by atoms with Gasteiger partial charge in [-0.2, -0.15) is 0 Å². The molecule has 2 heterocycles. The van der Waals surface area contributed by atoms with Crippen LogP contribution in [0.2, 0.25) is 0 Å². The predicted molar refractivity (Wildman–Crippen MR) is 97.8 cm³/mol. The van der Waals surface area contributed by atoms with Gasteiger partial charge in [0.05, 0.1) is 12.6 Å². The van der Waals surface area contributed by atoms with Gasteiger partial charge in [-0.05, 0) is 37.1 Å². The van der Waals surface area contributed by atoms with Crippen molar-refractivity contribution in [3.63, 3.8) is 0 Å². The molecule has 24 heavy (non-hydrogen) atoms. The molecule has 128 valence electrons. The lowest BCUT2D eigenvalue weighted by atomic mass is 10.0. The molecule has 1 atom stereocenters. The van der Waals surface area contributed by atoms with Gasteiger partial charge < -0.3 is 15.2 Å². The van der Waals surface area contributed by atoms with E-state index in [1.165, 1.54) is 0 Å². The predicted octanol–water partition coefficient (Wildman–Crippen LogP) is 2.40. The molecule has 1 amide bonds. The maximum absolute atomic E-state index is 12.5. The fourth-order valence-electron chi connectivity index (χ4n) is 2.83. The molecule has 1 aromatic carbocycles. The molecule has 1 aliphatic rings. The van der Waals surface area contributed by atoms with Gasteiger partial charge in [0, 0.05) is 6.20 Å². The number of rotatable bonds is 4. The molecule has 1 aromatic heterocycles. The zero-order chi connectivity index (χ0) is 16.1. The lowest BCUT2D eigenvalue weighted by Crippen LogP contribution is -2.44. The van der Waals surface area contributed by atoms with E-state index in [0.29, 0.717) is 12.2 Å². The highest BCUT2D eigenvalue weighted by molar-refractivity contribution is 5.94. The Kier molecular flexibility index (Phi) is 6.58. The van der Waals surface area contributed by atoms with Crippen LogP contribution in [-0.2, 0) is 11.3 Å². The van der Waals surface area contributed by atoms with Crippen LogP contribution in [0.25, 0.3) is 0 Å². The standard InChI is InChI=1S/C18H21N3O2.ClH/c22-17(15-9-4-5-11-19-15)20-16-10-6-12-21(18(16)23)13-14-7-2-1-3-8-14;/h1-3,6-8,10,12,15,19H,4-5,9,11,13H2,(H,20,22);1H. The average Bonchev–Trinajstić information content (AvgIpc) is 2.60. The zero-order valence-corrected chi connectivity index (χ0v) is 14.2. The van der Waals surface area contributed by atoms with Gasteiger partial charge in [-0.25, -0.2) is 0 Å². The van der Waals surface area contributed by atoms with E-state index < -0.39 is 0 Å². The molecule has 0 radical (unpaired) electrons. The second kappa shape index (κ2) is 8.66. The van der Waals surface area contributed by atoms with Crippen molar-refractivity contribution in [2.24, 2.45) is 0 Å². The second-order valence-electron chi connectivity index (χ2n) is 5.83. The Hall–Kier alpha value is -2.11. The molecule has 5 nitrogen and oxygen atoms in total. The van der Waals surface area contributed by atoms with E-state index in [4.69, 9.17) is 0 Å². The van der Waals surface area contributed by atoms with Crippen molar-refractivity contribution in [2.45, 2.75) is 31.8 Å². The topological polar surface area (TPSA) is 63.1 Å². The Bertz CT molecular complexity index is 725. The van der Waals surface area contributed by atoms with Crippen LogP contribution in [0.15, 0.2) is 53.5 Å². The Morgan fingerprint density at radius 2 is 1.96 bits per heavy atom. The molecule has 0 aliphatic carbocycles. The Morgan fingerprint density at radius 1 is 1.17 bits per heavy atom. The molecule has 0 bridgehead atoms. The smallest absolute Gasteiger partial charge is 0.274 e. The lowest BCUT2D eigenvalue weighted by molar-refractivity contribution is -0.118. The summed E-state index contributed by atoms with van der Waals surface area (Å²) in [5.74, 6) is -0.126. The van der Waals surface area contributed by atoms with E-state index in [1.54, 1.807) is 22.9 Å². The fraction of sp³-hybridized carbons (Fsp3) is 0.333. The van der Waals surface area contributed by atoms with Gasteiger partial charge in [-0.3, -0.25) is 9.59 Å². The first kappa shape index (κ1) is 18.2. The summed E-state index contributed by atoms with van der Waals surface area (Å²) in [5, 5.41) is 5.96. The van der Waals surface area contributed by atoms with E-state index >= 15 is 0 Å². The molecule has 2 aromatic rings. The van der Waals surface area contributed by atoms with Crippen LogP contribution in [0.1, 0.15) is 24.8 Å². The largest absolute Gasteiger partial charge is 0.320 e. The van der Waals surface area contributed by atoms with E-state index in [2.05, 4.69) is 10.6 Å². The first-order chi connectivity index (χ1) is 11.2. The summed E-state index contributed by atoms with van der Waals surface area (Å²) in [4.78, 5) is 24.8. The highest BCUT2D eigenvalue weighted by Gasteiger charge is 2.21. The Morgan fingerprint density at radius 3 is 2.67 bits per heavy atom. The van der Waals surface area contributed by atoms with Gasteiger partial charge in [-0.1, -0.05) is 36.8 Å². The van der Waals surface area contributed by atoms with Crippen LogP contribution < -0.4 is 16.2 Å². The van der Waals surface area contributed by atoms with Crippen LogP contribution in [0.4, 0.5) is 5.69 Å². The zero-order valence-electron chi connectivity index (χ0n) is 13.4. The number of anilines is 1. The van der Waals surface area contributed by atoms with E-state index in [-0.39, 0.29) is 29.9 Å². The third-order valence-corrected chi connectivity index (χ3v) is 4.10. The van der Waals surface area contributed by atoms with Gasteiger partial charge in [0.1, 0.15) is 5.69 Å². The van der Waals surface area contributed by atoms with Crippen molar-refractivity contribution in [1.82, 2.24) is 9.88 Å². The SMILES string of the molecule is Cl.O=C(Nc1cccn(Cc2ccccc2)c1=O)C1CCCCN1. The first-order valence-electron chi connectivity index (χ1n) is 8.02. The summed E-state index contributed by atoms with van der Waals surface area (Å²) < 4.78 is 1.61. The summed E-state index contributed by atoms with van der Waals surface area (Å²) >= 11 is 0. The van der Waals surface area contributed by atoms with Crippen molar-refractivity contribution in [3.8, 4) is 0 Å². The molecule has 3 rings (SSSR count). The van der Waals surface area contributed by atoms with Crippen LogP contribution in [0.3, 0.4) is 0 Å². The number of pyridine rings is 1. The number of nitrogens with zero attached hydrogens (tertiary/aromatic N) is 1. The molecule has 2 N–H and O–H groups in total. The maximum Gasteiger partial charge on any atom is 0.274 e. The number of benzene rings is 1. The molecular formula is C18H22ClN3O2. The van der Waals surface area contributed by atoms with Crippen LogP contribution in [0.5, 0.6) is 0 Å². The van der Waals surface area contributed by atoms with Gasteiger partial charge in [0.15, 0.2) is 0 Å². The van der Waals surface area contributed by atoms with Crippen molar-refractivity contribution >= 4 is 24.0 Å². The third-order valence-electron chi connectivity index (χ3n) is 4.10. The van der Waals surface area contributed by atoms with Gasteiger partial charge >= 0.3 is 0 Å². The number of carbonyl (C=O) groups is 1. The highest BCUT2D eigenvalue weighted by Crippen LogP contribution is 2.09. The number of nitrogens with one attached hydrogen (secondary N) is 2. The molecular weight excluding hydrogens is 326 g/mol. The molecule has 1 fully saturated rings. The molecule has 6 heteroatoms. The highest BCUT2D eigenvalue weighted by atomic mass is 35.5. The van der Waals surface area contributed by atoms with E-state index in [9.17, 15) is 9.59 Å². The van der Waals surface area contributed by atoms with Crippen molar-refractivity contribution < 1.29 is 4.79 Å². The number of hydrogen-bond acceptors (Lipinski definition) is 3. The number of hydrogen-bond donors (Lipinski definition) is 2. The van der Waals surface area contributed by atoms with Crippen LogP contribution in [0, 0.1) is 0 Å². The van der Waals surface area contributed by atoms with Crippen LogP contribution in [-0.4, -0.2) is 23.1 Å². The summed E-state index contributed by atoms with van der Waals surface area (Å²) in [6.07, 6.45) is 4.69. The van der Waals surface area contributed by atoms with Crippen LogP contribution >= 0.6 is 12.4 Å². The van der Waals surface area contributed by atoms with Gasteiger partial charge in [0.2, 0.25) is 5.91 Å². The number of halogens is 1. The molecule has 0 saturated carbocycles. The summed E-state index contributed by atoms with van der Waals surface area (Å²) in [5.41, 5.74) is 1.20. The number of amides is 1. The van der Waals surface area contributed by atoms with Crippen molar-refractivity contribution in [3.05, 3.63) is 64.6 Å². The summed E-state index contributed by atoms with van der Waals surface area (Å²) in [7, 11) is 0. The number of piperidine rings is 1. The first-order valence-corrected chi connectivity index (χ1v) is 8.02. The third kappa shape index (κ3) is 4.46. The Labute approximate surface area is 147 Å². The van der Waals surface area contributed by atoms with Gasteiger partial charge in [0.25, 0.3) is 5.56 Å². The lowest BCUT2D eigenvalue weighted by Gasteiger charge is -2.22. The molecule has 1 aliphatic heterocycles.